The van der Waals surface area contributed by atoms with Crippen molar-refractivity contribution in [1.82, 2.24) is 0 Å². The average Bonchev–Trinajstić information content (AvgIpc) is 2.57. The van der Waals surface area contributed by atoms with E-state index in [2.05, 4.69) is 28.1 Å². The van der Waals surface area contributed by atoms with E-state index in [9.17, 15) is 9.59 Å². The summed E-state index contributed by atoms with van der Waals surface area (Å²) in [6.07, 6.45) is 13.4. The molecule has 26 heavy (non-hydrogen) atoms. The second-order valence-corrected chi connectivity index (χ2v) is 7.86. The van der Waals surface area contributed by atoms with Crippen LogP contribution in [0.5, 0.6) is 0 Å². The Balaban J connectivity index is 3.53. The van der Waals surface area contributed by atoms with E-state index in [-0.39, 0.29) is 0 Å². The summed E-state index contributed by atoms with van der Waals surface area (Å²) in [4.78, 5) is 23.0. The van der Waals surface area contributed by atoms with E-state index >= 15 is 0 Å². The number of unbranched alkanes of at least 4 members (excludes halogenated alkanes) is 8. The van der Waals surface area contributed by atoms with Crippen LogP contribution in [0.1, 0.15) is 71.1 Å². The molecule has 0 radical (unpaired) electrons. The van der Waals surface area contributed by atoms with Gasteiger partial charge in [-0.1, -0.05) is 39.0 Å². The summed E-state index contributed by atoms with van der Waals surface area (Å²) in [5.74, 6) is -0.955. The second kappa shape index (κ2) is 15.9. The minimum absolute atomic E-state index is 0.403. The summed E-state index contributed by atoms with van der Waals surface area (Å²) in [6.45, 7) is 4.16. The zero-order valence-corrected chi connectivity index (χ0v) is 17.4. The molecule has 0 aliphatic carbocycles. The fourth-order valence-corrected chi connectivity index (χ4v) is 2.50. The summed E-state index contributed by atoms with van der Waals surface area (Å²) in [7, 11) is 6.56. The standard InChI is InChI=1S/C21H40NO4/c1-5-6-7-8-10-13-18-25-20(23)15-16-21(24)26-19-14-11-9-12-17-22(2,3)4/h15-16H,5-14,17-19H2,1-4H3/q+1/b16-15-. The van der Waals surface area contributed by atoms with Gasteiger partial charge in [0.05, 0.1) is 40.9 Å². The first-order chi connectivity index (χ1) is 12.3. The Morgan fingerprint density at radius 1 is 0.692 bits per heavy atom. The molecule has 0 aromatic heterocycles. The van der Waals surface area contributed by atoms with Gasteiger partial charge in [0.15, 0.2) is 0 Å². The fourth-order valence-electron chi connectivity index (χ4n) is 2.50. The number of ether oxygens (including phenoxy) is 2. The Kier molecular flexibility index (Phi) is 15.0. The zero-order valence-electron chi connectivity index (χ0n) is 17.4. The molecule has 0 bridgehead atoms. The summed E-state index contributed by atoms with van der Waals surface area (Å²) in [5, 5.41) is 0. The van der Waals surface area contributed by atoms with Crippen LogP contribution in [-0.2, 0) is 19.1 Å². The van der Waals surface area contributed by atoms with Crippen molar-refractivity contribution in [3.8, 4) is 0 Å². The molecule has 0 aliphatic heterocycles. The van der Waals surface area contributed by atoms with Gasteiger partial charge in [-0.15, -0.1) is 0 Å². The van der Waals surface area contributed by atoms with Gasteiger partial charge in [-0.25, -0.2) is 9.59 Å². The summed E-state index contributed by atoms with van der Waals surface area (Å²) < 4.78 is 11.1. The van der Waals surface area contributed by atoms with Gasteiger partial charge >= 0.3 is 11.9 Å². The summed E-state index contributed by atoms with van der Waals surface area (Å²) >= 11 is 0. The second-order valence-electron chi connectivity index (χ2n) is 7.86. The minimum Gasteiger partial charge on any atom is -0.463 e. The first kappa shape index (κ1) is 24.6. The maximum atomic E-state index is 11.5. The molecule has 0 aliphatic rings. The van der Waals surface area contributed by atoms with Crippen molar-refractivity contribution >= 4 is 11.9 Å². The number of rotatable bonds is 16. The number of nitrogens with zero attached hydrogens (tertiary/aromatic N) is 1. The topological polar surface area (TPSA) is 52.6 Å². The van der Waals surface area contributed by atoms with Gasteiger partial charge in [0.2, 0.25) is 0 Å². The van der Waals surface area contributed by atoms with E-state index in [1.165, 1.54) is 32.1 Å². The van der Waals surface area contributed by atoms with Gasteiger partial charge in [-0.2, -0.15) is 0 Å². The van der Waals surface area contributed by atoms with E-state index in [1.54, 1.807) is 0 Å². The third kappa shape index (κ3) is 19.0. The van der Waals surface area contributed by atoms with E-state index in [4.69, 9.17) is 9.47 Å². The van der Waals surface area contributed by atoms with Gasteiger partial charge in [0.25, 0.3) is 0 Å². The molecule has 0 saturated heterocycles. The lowest BCUT2D eigenvalue weighted by molar-refractivity contribution is -0.870. The fraction of sp³-hybridized carbons (Fsp3) is 0.810. The molecule has 0 aromatic rings. The molecule has 0 fully saturated rings. The van der Waals surface area contributed by atoms with E-state index in [0.717, 1.165) is 55.3 Å². The smallest absolute Gasteiger partial charge is 0.331 e. The van der Waals surface area contributed by atoms with Crippen LogP contribution in [0.3, 0.4) is 0 Å². The molecule has 0 aromatic carbocycles. The first-order valence-electron chi connectivity index (χ1n) is 10.2. The lowest BCUT2D eigenvalue weighted by Gasteiger charge is -2.23. The molecule has 0 heterocycles. The maximum absolute atomic E-state index is 11.5. The monoisotopic (exact) mass is 370 g/mol. The predicted octanol–water partition coefficient (Wildman–Crippen LogP) is 4.26. The van der Waals surface area contributed by atoms with Crippen LogP contribution in [-0.4, -0.2) is 57.3 Å². The van der Waals surface area contributed by atoms with Crippen molar-refractivity contribution in [3.05, 3.63) is 12.2 Å². The Morgan fingerprint density at radius 2 is 1.12 bits per heavy atom. The van der Waals surface area contributed by atoms with Gasteiger partial charge in [-0.3, -0.25) is 0 Å². The molecular formula is C21H40NO4+. The van der Waals surface area contributed by atoms with Gasteiger partial charge in [-0.05, 0) is 32.1 Å². The van der Waals surface area contributed by atoms with Crippen LogP contribution in [0.4, 0.5) is 0 Å². The third-order valence-corrected chi connectivity index (χ3v) is 4.07. The van der Waals surface area contributed by atoms with Crippen LogP contribution in [0.2, 0.25) is 0 Å². The summed E-state index contributed by atoms with van der Waals surface area (Å²) in [5.41, 5.74) is 0. The van der Waals surface area contributed by atoms with Gasteiger partial charge in [0.1, 0.15) is 0 Å². The van der Waals surface area contributed by atoms with E-state index in [1.807, 2.05) is 0 Å². The molecule has 0 saturated carbocycles. The van der Waals surface area contributed by atoms with Gasteiger partial charge in [0, 0.05) is 12.2 Å². The number of hydrogen-bond donors (Lipinski definition) is 0. The molecule has 0 amide bonds. The molecule has 152 valence electrons. The normalized spacial score (nSPS) is 11.7. The Bertz CT molecular complexity index is 399. The van der Waals surface area contributed by atoms with Crippen LogP contribution in [0.15, 0.2) is 12.2 Å². The van der Waals surface area contributed by atoms with Crippen molar-refractivity contribution < 1.29 is 23.5 Å². The molecule has 0 rings (SSSR count). The Morgan fingerprint density at radius 3 is 1.58 bits per heavy atom. The largest absolute Gasteiger partial charge is 0.463 e. The molecule has 0 atom stereocenters. The van der Waals surface area contributed by atoms with Crippen LogP contribution >= 0.6 is 0 Å². The highest BCUT2D eigenvalue weighted by molar-refractivity contribution is 5.91. The minimum atomic E-state index is -0.479. The van der Waals surface area contributed by atoms with Crippen molar-refractivity contribution in [1.29, 1.82) is 0 Å². The van der Waals surface area contributed by atoms with E-state index in [0.29, 0.717) is 13.2 Å². The van der Waals surface area contributed by atoms with Crippen LogP contribution in [0.25, 0.3) is 0 Å². The number of esters is 2. The third-order valence-electron chi connectivity index (χ3n) is 4.07. The maximum Gasteiger partial charge on any atom is 0.331 e. The SMILES string of the molecule is CCCCCCCCOC(=O)/C=C\C(=O)OCCCCCC[N+](C)(C)C. The highest BCUT2D eigenvalue weighted by Crippen LogP contribution is 2.05. The molecule has 0 spiro atoms. The Hall–Kier alpha value is -1.36. The lowest BCUT2D eigenvalue weighted by Crippen LogP contribution is -2.35. The van der Waals surface area contributed by atoms with E-state index < -0.39 is 11.9 Å². The van der Waals surface area contributed by atoms with Crippen molar-refractivity contribution in [2.75, 3.05) is 40.9 Å². The van der Waals surface area contributed by atoms with Gasteiger partial charge < -0.3 is 14.0 Å². The van der Waals surface area contributed by atoms with Crippen LogP contribution in [0, 0.1) is 0 Å². The van der Waals surface area contributed by atoms with Crippen molar-refractivity contribution in [2.24, 2.45) is 0 Å². The predicted molar refractivity (Wildman–Crippen MR) is 106 cm³/mol. The quantitative estimate of drug-likeness (QED) is 0.176. The first-order valence-corrected chi connectivity index (χ1v) is 10.2. The summed E-state index contributed by atoms with van der Waals surface area (Å²) in [6, 6.07) is 0. The molecular weight excluding hydrogens is 330 g/mol. The molecule has 0 N–H and O–H groups in total. The zero-order chi connectivity index (χ0) is 19.7. The number of quaternary nitrogens is 1. The molecule has 5 heteroatoms. The number of hydrogen-bond acceptors (Lipinski definition) is 4. The number of carbonyl (C=O) groups is 2. The average molecular weight is 371 g/mol. The number of carbonyl (C=O) groups excluding carboxylic acids is 2. The molecule has 5 nitrogen and oxygen atoms in total. The highest BCUT2D eigenvalue weighted by Gasteiger charge is 2.05. The highest BCUT2D eigenvalue weighted by atomic mass is 16.5. The molecule has 0 unspecified atom stereocenters. The van der Waals surface area contributed by atoms with Crippen molar-refractivity contribution in [3.63, 3.8) is 0 Å². The van der Waals surface area contributed by atoms with Crippen molar-refractivity contribution in [2.45, 2.75) is 71.1 Å². The van der Waals surface area contributed by atoms with Crippen LogP contribution < -0.4 is 0 Å². The Labute approximate surface area is 160 Å². The lowest BCUT2D eigenvalue weighted by atomic mass is 10.1.